The molecule has 0 atom stereocenters. The molecule has 116 valence electrons. The van der Waals surface area contributed by atoms with Gasteiger partial charge in [0.05, 0.1) is 0 Å². The first-order valence-corrected chi connectivity index (χ1v) is 7.57. The highest BCUT2D eigenvalue weighted by atomic mass is 35.5. The monoisotopic (exact) mass is 314 g/mol. The molecule has 0 fully saturated rings. The number of nitrogens with zero attached hydrogens (tertiary/aromatic N) is 2. The summed E-state index contributed by atoms with van der Waals surface area (Å²) >= 11 is 0. The first-order chi connectivity index (χ1) is 10.3. The molecule has 0 spiro atoms. The second-order valence-electron chi connectivity index (χ2n) is 5.65. The Bertz CT molecular complexity index is 556. The minimum Gasteiger partial charge on any atom is -0.337 e. The molecule has 0 N–H and O–H groups in total. The number of likely N-dealkylation sites (N-methyl/N-ethyl adjacent to an activating group) is 1. The summed E-state index contributed by atoms with van der Waals surface area (Å²) in [6.07, 6.45) is 3.56. The summed E-state index contributed by atoms with van der Waals surface area (Å²) in [5.41, 5.74) is 3.99. The van der Waals surface area contributed by atoms with Crippen LogP contribution >= 0.6 is 12.4 Å². The molecule has 3 rings (SSSR count). The van der Waals surface area contributed by atoms with Gasteiger partial charge in [-0.15, -0.1) is 12.4 Å². The van der Waals surface area contributed by atoms with Crippen LogP contribution < -0.4 is 4.90 Å². The van der Waals surface area contributed by atoms with E-state index >= 15 is 0 Å². The van der Waals surface area contributed by atoms with Crippen LogP contribution in [0.15, 0.2) is 72.3 Å². The molecule has 2 aromatic carbocycles. The molecule has 0 saturated carbocycles. The molecule has 1 aliphatic heterocycles. The Kier molecular flexibility index (Phi) is 6.05. The number of hydrogen-bond acceptors (Lipinski definition) is 2. The molecular formula is C19H23ClN2. The Morgan fingerprint density at radius 1 is 0.909 bits per heavy atom. The fourth-order valence-corrected chi connectivity index (χ4v) is 2.84. The van der Waals surface area contributed by atoms with Crippen molar-refractivity contribution in [3.63, 3.8) is 0 Å². The topological polar surface area (TPSA) is 6.48 Å². The first-order valence-electron chi connectivity index (χ1n) is 7.57. The third kappa shape index (κ3) is 4.12. The maximum atomic E-state index is 2.40. The molecule has 0 saturated heterocycles. The predicted octanol–water partition coefficient (Wildman–Crippen LogP) is 4.51. The number of hydrogen-bond donors (Lipinski definition) is 0. The average molecular weight is 315 g/mol. The highest BCUT2D eigenvalue weighted by molar-refractivity contribution is 5.85. The molecule has 2 aromatic rings. The van der Waals surface area contributed by atoms with E-state index in [1.165, 1.54) is 23.5 Å². The Labute approximate surface area is 139 Å². The minimum atomic E-state index is 0. The maximum Gasteiger partial charge on any atom is 0.0453 e. The molecule has 2 nitrogen and oxygen atoms in total. The zero-order valence-corrected chi connectivity index (χ0v) is 13.8. The van der Waals surface area contributed by atoms with Crippen LogP contribution in [0.1, 0.15) is 6.42 Å². The van der Waals surface area contributed by atoms with Crippen molar-refractivity contribution in [3.8, 4) is 0 Å². The van der Waals surface area contributed by atoms with Crippen LogP contribution in [0.25, 0.3) is 0 Å². The molecular weight excluding hydrogens is 292 g/mol. The lowest BCUT2D eigenvalue weighted by molar-refractivity contribution is 0.353. The van der Waals surface area contributed by atoms with Crippen LogP contribution in [0.5, 0.6) is 0 Å². The van der Waals surface area contributed by atoms with Crippen LogP contribution in [-0.4, -0.2) is 31.6 Å². The van der Waals surface area contributed by atoms with E-state index in [-0.39, 0.29) is 12.4 Å². The van der Waals surface area contributed by atoms with Crippen molar-refractivity contribution in [1.29, 1.82) is 0 Å². The van der Waals surface area contributed by atoms with E-state index < -0.39 is 0 Å². The van der Waals surface area contributed by atoms with Gasteiger partial charge in [-0.1, -0.05) is 42.5 Å². The van der Waals surface area contributed by atoms with Crippen LogP contribution in [0.3, 0.4) is 0 Å². The summed E-state index contributed by atoms with van der Waals surface area (Å²) in [5, 5.41) is 0. The first kappa shape index (κ1) is 16.6. The zero-order valence-electron chi connectivity index (χ0n) is 13.0. The molecule has 0 radical (unpaired) electrons. The van der Waals surface area contributed by atoms with Gasteiger partial charge in [-0.2, -0.15) is 0 Å². The van der Waals surface area contributed by atoms with Crippen molar-refractivity contribution in [1.82, 2.24) is 4.90 Å². The average Bonchev–Trinajstić information content (AvgIpc) is 2.54. The van der Waals surface area contributed by atoms with Crippen molar-refractivity contribution in [2.24, 2.45) is 0 Å². The van der Waals surface area contributed by atoms with E-state index in [1.807, 2.05) is 0 Å². The molecule has 0 aromatic heterocycles. The van der Waals surface area contributed by atoms with Gasteiger partial charge in [0, 0.05) is 31.0 Å². The van der Waals surface area contributed by atoms with Crippen LogP contribution in [0, 0.1) is 0 Å². The number of anilines is 2. The van der Waals surface area contributed by atoms with Crippen LogP contribution in [0.2, 0.25) is 0 Å². The van der Waals surface area contributed by atoms with Gasteiger partial charge in [-0.3, -0.25) is 0 Å². The van der Waals surface area contributed by atoms with Gasteiger partial charge in [0.15, 0.2) is 0 Å². The highest BCUT2D eigenvalue weighted by Gasteiger charge is 2.14. The highest BCUT2D eigenvalue weighted by Crippen LogP contribution is 2.26. The van der Waals surface area contributed by atoms with Crippen LogP contribution in [0.4, 0.5) is 11.4 Å². The quantitative estimate of drug-likeness (QED) is 0.766. The lowest BCUT2D eigenvalue weighted by Crippen LogP contribution is -2.31. The Hall–Kier alpha value is -1.77. The van der Waals surface area contributed by atoms with E-state index in [0.717, 1.165) is 19.5 Å². The molecule has 1 aliphatic rings. The van der Waals surface area contributed by atoms with Gasteiger partial charge in [0.1, 0.15) is 0 Å². The summed E-state index contributed by atoms with van der Waals surface area (Å²) in [7, 11) is 2.20. The van der Waals surface area contributed by atoms with E-state index in [0.29, 0.717) is 0 Å². The van der Waals surface area contributed by atoms with Gasteiger partial charge >= 0.3 is 0 Å². The number of rotatable bonds is 4. The Morgan fingerprint density at radius 2 is 1.45 bits per heavy atom. The summed E-state index contributed by atoms with van der Waals surface area (Å²) in [6, 6.07) is 21.3. The smallest absolute Gasteiger partial charge is 0.0453 e. The standard InChI is InChI=1S/C19H22N2.ClH/c1-20-14-8-9-17(15-20)16-21(18-10-4-2-5-11-18)19-12-6-3-7-13-19;/h2-7,9-13H,8,14-16H2,1H3;1H. The molecule has 3 heteroatoms. The zero-order chi connectivity index (χ0) is 14.5. The number of benzene rings is 2. The second-order valence-corrected chi connectivity index (χ2v) is 5.65. The summed E-state index contributed by atoms with van der Waals surface area (Å²) < 4.78 is 0. The Morgan fingerprint density at radius 3 is 1.95 bits per heavy atom. The lowest BCUT2D eigenvalue weighted by Gasteiger charge is -2.30. The van der Waals surface area contributed by atoms with Gasteiger partial charge in [0.25, 0.3) is 0 Å². The van der Waals surface area contributed by atoms with E-state index in [9.17, 15) is 0 Å². The molecule has 0 unspecified atom stereocenters. The summed E-state index contributed by atoms with van der Waals surface area (Å²) in [4.78, 5) is 4.79. The SMILES string of the molecule is CN1CCC=C(CN(c2ccccc2)c2ccccc2)C1.Cl. The van der Waals surface area contributed by atoms with E-state index in [1.54, 1.807) is 0 Å². The second kappa shape index (κ2) is 8.02. The van der Waals surface area contributed by atoms with E-state index in [2.05, 4.69) is 83.6 Å². The van der Waals surface area contributed by atoms with Crippen molar-refractivity contribution in [2.45, 2.75) is 6.42 Å². The van der Waals surface area contributed by atoms with Gasteiger partial charge in [-0.05, 0) is 43.3 Å². The predicted molar refractivity (Wildman–Crippen MR) is 97.3 cm³/mol. The number of halogens is 1. The van der Waals surface area contributed by atoms with Crippen LogP contribution in [-0.2, 0) is 0 Å². The van der Waals surface area contributed by atoms with Crippen molar-refractivity contribution < 1.29 is 0 Å². The molecule has 22 heavy (non-hydrogen) atoms. The largest absolute Gasteiger partial charge is 0.337 e. The molecule has 0 bridgehead atoms. The van der Waals surface area contributed by atoms with Crippen molar-refractivity contribution >= 4 is 23.8 Å². The molecule has 1 heterocycles. The van der Waals surface area contributed by atoms with Crippen molar-refractivity contribution in [3.05, 3.63) is 72.3 Å². The van der Waals surface area contributed by atoms with Gasteiger partial charge in [-0.25, -0.2) is 0 Å². The fourth-order valence-electron chi connectivity index (χ4n) is 2.84. The van der Waals surface area contributed by atoms with E-state index in [4.69, 9.17) is 0 Å². The van der Waals surface area contributed by atoms with Crippen molar-refractivity contribution in [2.75, 3.05) is 31.6 Å². The molecule has 0 amide bonds. The minimum absolute atomic E-state index is 0. The summed E-state index contributed by atoms with van der Waals surface area (Å²) in [6.45, 7) is 3.19. The van der Waals surface area contributed by atoms with Gasteiger partial charge in [0.2, 0.25) is 0 Å². The normalized spacial score (nSPS) is 14.9. The third-order valence-corrected chi connectivity index (χ3v) is 3.91. The van der Waals surface area contributed by atoms with Gasteiger partial charge < -0.3 is 9.80 Å². The maximum absolute atomic E-state index is 2.40. The fraction of sp³-hybridized carbons (Fsp3) is 0.263. The summed E-state index contributed by atoms with van der Waals surface area (Å²) in [5.74, 6) is 0. The molecule has 0 aliphatic carbocycles. The Balaban J connectivity index is 0.00000176. The number of para-hydroxylation sites is 2. The lowest BCUT2D eigenvalue weighted by atomic mass is 10.1. The third-order valence-electron chi connectivity index (χ3n) is 3.91.